The van der Waals surface area contributed by atoms with Crippen LogP contribution in [0, 0.1) is 6.92 Å². The normalized spacial score (nSPS) is 17.8. The van der Waals surface area contributed by atoms with Crippen LogP contribution in [0.5, 0.6) is 0 Å². The first kappa shape index (κ1) is 18.1. The van der Waals surface area contributed by atoms with Crippen molar-refractivity contribution in [1.82, 2.24) is 29.3 Å². The summed E-state index contributed by atoms with van der Waals surface area (Å²) in [5.41, 5.74) is 6.03. The van der Waals surface area contributed by atoms with E-state index in [0.717, 1.165) is 37.5 Å². The molecule has 0 spiro atoms. The first-order valence-electron chi connectivity index (χ1n) is 10.3. The number of hydrogen-bond donors (Lipinski definition) is 0. The van der Waals surface area contributed by atoms with Gasteiger partial charge in [0.1, 0.15) is 5.82 Å². The molecule has 29 heavy (non-hydrogen) atoms. The van der Waals surface area contributed by atoms with E-state index in [9.17, 15) is 0 Å². The minimum atomic E-state index is 0.411. The van der Waals surface area contributed by atoms with Gasteiger partial charge in [0, 0.05) is 44.0 Å². The van der Waals surface area contributed by atoms with Crippen LogP contribution in [0.3, 0.4) is 0 Å². The van der Waals surface area contributed by atoms with Crippen molar-refractivity contribution in [2.45, 2.75) is 32.2 Å². The van der Waals surface area contributed by atoms with Crippen LogP contribution in [0.15, 0.2) is 55.0 Å². The number of likely N-dealkylation sites (tertiary alicyclic amines) is 1. The highest BCUT2D eigenvalue weighted by molar-refractivity contribution is 5.67. The summed E-state index contributed by atoms with van der Waals surface area (Å²) in [5.74, 6) is 1.50. The Balaban J connectivity index is 1.40. The van der Waals surface area contributed by atoms with Crippen molar-refractivity contribution in [3.05, 3.63) is 71.9 Å². The molecule has 0 bridgehead atoms. The summed E-state index contributed by atoms with van der Waals surface area (Å²) in [5, 5.41) is 13.2. The Morgan fingerprint density at radius 3 is 2.93 bits per heavy atom. The lowest BCUT2D eigenvalue weighted by molar-refractivity contribution is 0.196. The molecule has 1 aliphatic rings. The van der Waals surface area contributed by atoms with Gasteiger partial charge in [-0.3, -0.25) is 14.0 Å². The maximum atomic E-state index is 4.52. The van der Waals surface area contributed by atoms with Gasteiger partial charge in [0.2, 0.25) is 0 Å². The molecule has 0 N–H and O–H groups in total. The van der Waals surface area contributed by atoms with E-state index in [-0.39, 0.29) is 0 Å². The predicted octanol–water partition coefficient (Wildman–Crippen LogP) is 3.82. The fourth-order valence-electron chi connectivity index (χ4n) is 4.45. The smallest absolute Gasteiger partial charge is 0.160 e. The zero-order valence-electron chi connectivity index (χ0n) is 17.0. The van der Waals surface area contributed by atoms with Crippen molar-refractivity contribution in [1.29, 1.82) is 0 Å². The van der Waals surface area contributed by atoms with E-state index in [1.807, 2.05) is 36.1 Å². The predicted molar refractivity (Wildman–Crippen MR) is 114 cm³/mol. The third kappa shape index (κ3) is 3.56. The van der Waals surface area contributed by atoms with Gasteiger partial charge in [0.05, 0.1) is 6.20 Å². The molecule has 4 aromatic rings. The summed E-state index contributed by atoms with van der Waals surface area (Å²) in [7, 11) is 1.97. The molecule has 1 aliphatic heterocycles. The lowest BCUT2D eigenvalue weighted by Crippen LogP contribution is -2.34. The lowest BCUT2D eigenvalue weighted by Gasteiger charge is -2.32. The van der Waals surface area contributed by atoms with Crippen LogP contribution in [-0.4, -0.2) is 42.4 Å². The van der Waals surface area contributed by atoms with Crippen LogP contribution in [0.4, 0.5) is 0 Å². The summed E-state index contributed by atoms with van der Waals surface area (Å²) < 4.78 is 4.01. The molecule has 148 valence electrons. The summed E-state index contributed by atoms with van der Waals surface area (Å²) in [6, 6.07) is 12.8. The molecule has 0 radical (unpaired) electrons. The number of fused-ring (bicyclic) bond motifs is 1. The molecule has 1 atom stereocenters. The molecule has 3 aromatic heterocycles. The van der Waals surface area contributed by atoms with Gasteiger partial charge in [-0.1, -0.05) is 29.8 Å². The van der Waals surface area contributed by atoms with Crippen LogP contribution in [0.1, 0.15) is 35.7 Å². The number of nitrogens with zero attached hydrogens (tertiary/aromatic N) is 6. The topological polar surface area (TPSA) is 51.3 Å². The van der Waals surface area contributed by atoms with Crippen molar-refractivity contribution < 1.29 is 0 Å². The van der Waals surface area contributed by atoms with Crippen molar-refractivity contribution in [3.63, 3.8) is 0 Å². The molecule has 1 unspecified atom stereocenters. The molecule has 0 amide bonds. The van der Waals surface area contributed by atoms with Gasteiger partial charge in [-0.15, -0.1) is 10.2 Å². The Hall–Kier alpha value is -2.99. The van der Waals surface area contributed by atoms with E-state index >= 15 is 0 Å². The molecule has 6 heteroatoms. The molecule has 0 aliphatic carbocycles. The number of piperidine rings is 1. The first-order valence-corrected chi connectivity index (χ1v) is 10.3. The summed E-state index contributed by atoms with van der Waals surface area (Å²) >= 11 is 0. The molecule has 0 saturated carbocycles. The highest BCUT2D eigenvalue weighted by Gasteiger charge is 2.25. The zero-order chi connectivity index (χ0) is 19.8. The van der Waals surface area contributed by atoms with Gasteiger partial charge in [-0.25, -0.2) is 0 Å². The zero-order valence-corrected chi connectivity index (χ0v) is 17.0. The Morgan fingerprint density at radius 2 is 2.07 bits per heavy atom. The lowest BCUT2D eigenvalue weighted by atomic mass is 9.95. The molecule has 5 rings (SSSR count). The van der Waals surface area contributed by atoms with Crippen molar-refractivity contribution in [3.8, 4) is 11.1 Å². The van der Waals surface area contributed by atoms with E-state index in [2.05, 4.69) is 62.1 Å². The fourth-order valence-corrected chi connectivity index (χ4v) is 4.45. The Bertz CT molecular complexity index is 1140. The highest BCUT2D eigenvalue weighted by Crippen LogP contribution is 2.30. The number of hydrogen-bond acceptors (Lipinski definition) is 4. The second-order valence-corrected chi connectivity index (χ2v) is 8.12. The molecule has 1 fully saturated rings. The molecule has 4 heterocycles. The monoisotopic (exact) mass is 386 g/mol. The second kappa shape index (κ2) is 7.44. The largest absolute Gasteiger partial charge is 0.298 e. The van der Waals surface area contributed by atoms with Crippen LogP contribution in [0.25, 0.3) is 16.8 Å². The van der Waals surface area contributed by atoms with E-state index in [1.54, 1.807) is 0 Å². The van der Waals surface area contributed by atoms with Crippen LogP contribution >= 0.6 is 0 Å². The minimum Gasteiger partial charge on any atom is -0.298 e. The van der Waals surface area contributed by atoms with E-state index < -0.39 is 0 Å². The number of rotatable bonds is 4. The third-order valence-corrected chi connectivity index (χ3v) is 5.89. The van der Waals surface area contributed by atoms with Crippen molar-refractivity contribution >= 4 is 5.65 Å². The summed E-state index contributed by atoms with van der Waals surface area (Å²) in [4.78, 5) is 2.56. The van der Waals surface area contributed by atoms with E-state index in [1.165, 1.54) is 28.7 Å². The van der Waals surface area contributed by atoms with Gasteiger partial charge in [-0.05, 0) is 49.6 Å². The van der Waals surface area contributed by atoms with Crippen LogP contribution in [-0.2, 0) is 13.6 Å². The van der Waals surface area contributed by atoms with Gasteiger partial charge < -0.3 is 0 Å². The quantitative estimate of drug-likeness (QED) is 0.535. The van der Waals surface area contributed by atoms with Gasteiger partial charge >= 0.3 is 0 Å². The standard InChI is InChI=1S/C23H26N6/c1-17-8-9-18(21(12-17)20-13-24-27(2)14-20)15-28-10-5-6-19(16-28)23-26-25-22-7-3-4-11-29(22)23/h3-4,7-9,11-14,19H,5-6,10,15-16H2,1-2H3. The molecule has 1 aromatic carbocycles. The number of benzene rings is 1. The molecular weight excluding hydrogens is 360 g/mol. The summed E-state index contributed by atoms with van der Waals surface area (Å²) in [6.45, 7) is 5.22. The Morgan fingerprint density at radius 1 is 1.14 bits per heavy atom. The fraction of sp³-hybridized carbons (Fsp3) is 0.348. The van der Waals surface area contributed by atoms with Crippen molar-refractivity contribution in [2.75, 3.05) is 13.1 Å². The van der Waals surface area contributed by atoms with Crippen molar-refractivity contribution in [2.24, 2.45) is 7.05 Å². The first-order chi connectivity index (χ1) is 14.2. The average molecular weight is 387 g/mol. The Kier molecular flexibility index (Phi) is 4.64. The summed E-state index contributed by atoms with van der Waals surface area (Å²) in [6.07, 6.45) is 8.47. The average Bonchev–Trinajstić information content (AvgIpc) is 3.36. The third-order valence-electron chi connectivity index (χ3n) is 5.89. The van der Waals surface area contributed by atoms with Gasteiger partial charge in [0.15, 0.2) is 5.65 Å². The van der Waals surface area contributed by atoms with Crippen LogP contribution < -0.4 is 0 Å². The number of aromatic nitrogens is 5. The number of aryl methyl sites for hydroxylation is 2. The van der Waals surface area contributed by atoms with Gasteiger partial charge in [0.25, 0.3) is 0 Å². The molecular formula is C23H26N6. The van der Waals surface area contributed by atoms with E-state index in [4.69, 9.17) is 0 Å². The van der Waals surface area contributed by atoms with Gasteiger partial charge in [-0.2, -0.15) is 5.10 Å². The molecule has 1 saturated heterocycles. The molecule has 6 nitrogen and oxygen atoms in total. The maximum Gasteiger partial charge on any atom is 0.160 e. The van der Waals surface area contributed by atoms with Crippen LogP contribution in [0.2, 0.25) is 0 Å². The minimum absolute atomic E-state index is 0.411. The van der Waals surface area contributed by atoms with E-state index in [0.29, 0.717) is 5.92 Å². The Labute approximate surface area is 170 Å². The second-order valence-electron chi connectivity index (χ2n) is 8.12. The SMILES string of the molecule is Cc1ccc(CN2CCCC(c3nnc4ccccn34)C2)c(-c2cnn(C)c2)c1. The number of pyridine rings is 1. The highest BCUT2D eigenvalue weighted by atomic mass is 15.3. The maximum absolute atomic E-state index is 4.52.